The maximum absolute atomic E-state index is 6.07. The molecule has 0 aliphatic heterocycles. The number of rotatable bonds is 3. The van der Waals surface area contributed by atoms with Crippen LogP contribution in [0.2, 0.25) is 10.0 Å². The fourth-order valence-electron chi connectivity index (χ4n) is 1.42. The Morgan fingerprint density at radius 1 is 1.21 bits per heavy atom. The van der Waals surface area contributed by atoms with E-state index in [-0.39, 0.29) is 6.04 Å². The summed E-state index contributed by atoms with van der Waals surface area (Å²) in [6.45, 7) is 4.12. The van der Waals surface area contributed by atoms with E-state index >= 15 is 0 Å². The zero-order valence-electron chi connectivity index (χ0n) is 8.22. The van der Waals surface area contributed by atoms with Crippen LogP contribution in [0, 0.1) is 5.92 Å². The molecule has 0 saturated carbocycles. The van der Waals surface area contributed by atoms with Crippen LogP contribution >= 0.6 is 23.2 Å². The molecule has 14 heavy (non-hydrogen) atoms. The summed E-state index contributed by atoms with van der Waals surface area (Å²) >= 11 is 12.1. The maximum Gasteiger partial charge on any atom is 0.0512 e. The van der Waals surface area contributed by atoms with E-state index in [1.54, 1.807) is 0 Å². The van der Waals surface area contributed by atoms with E-state index in [1.807, 2.05) is 18.2 Å². The Morgan fingerprint density at radius 2 is 1.71 bits per heavy atom. The third kappa shape index (κ3) is 2.39. The Labute approximate surface area is 94.4 Å². The Hall–Kier alpha value is -0.280. The molecule has 0 fully saturated rings. The van der Waals surface area contributed by atoms with Crippen LogP contribution in [-0.4, -0.2) is 0 Å². The van der Waals surface area contributed by atoms with E-state index in [1.165, 1.54) is 0 Å². The predicted octanol–water partition coefficient (Wildman–Crippen LogP) is 3.15. The number of hydrogen-bond donors (Lipinski definition) is 2. The fraction of sp³-hybridized carbons (Fsp3) is 0.400. The fourth-order valence-corrected chi connectivity index (χ4v) is 2.05. The van der Waals surface area contributed by atoms with Gasteiger partial charge in [0.2, 0.25) is 0 Å². The lowest BCUT2D eigenvalue weighted by atomic mass is 9.96. The molecule has 2 nitrogen and oxygen atoms in total. The first-order valence-corrected chi connectivity index (χ1v) is 5.23. The van der Waals surface area contributed by atoms with Crippen molar-refractivity contribution < 1.29 is 0 Å². The summed E-state index contributed by atoms with van der Waals surface area (Å²) in [5.74, 6) is 5.81. The normalized spacial score (nSPS) is 13.3. The molecule has 1 rings (SSSR count). The molecule has 0 aromatic heterocycles. The average molecular weight is 233 g/mol. The van der Waals surface area contributed by atoms with E-state index in [9.17, 15) is 0 Å². The lowest BCUT2D eigenvalue weighted by Crippen LogP contribution is -2.32. The van der Waals surface area contributed by atoms with Crippen LogP contribution in [0.5, 0.6) is 0 Å². The summed E-state index contributed by atoms with van der Waals surface area (Å²) in [7, 11) is 0. The van der Waals surface area contributed by atoms with Crippen molar-refractivity contribution in [1.82, 2.24) is 5.43 Å². The molecule has 0 spiro atoms. The quantitative estimate of drug-likeness (QED) is 0.621. The van der Waals surface area contributed by atoms with Crippen molar-refractivity contribution in [3.05, 3.63) is 33.8 Å². The van der Waals surface area contributed by atoms with Gasteiger partial charge in [-0.1, -0.05) is 43.1 Å². The number of hydrazine groups is 1. The summed E-state index contributed by atoms with van der Waals surface area (Å²) in [6, 6.07) is 5.43. The Kier molecular flexibility index (Phi) is 4.20. The largest absolute Gasteiger partial charge is 0.271 e. The second kappa shape index (κ2) is 4.99. The van der Waals surface area contributed by atoms with Gasteiger partial charge in [-0.05, 0) is 18.1 Å². The molecule has 1 unspecified atom stereocenters. The minimum atomic E-state index is -0.0174. The molecule has 0 saturated heterocycles. The van der Waals surface area contributed by atoms with Crippen LogP contribution in [0.25, 0.3) is 0 Å². The molecule has 0 aliphatic carbocycles. The van der Waals surface area contributed by atoms with Crippen molar-refractivity contribution in [3.63, 3.8) is 0 Å². The first-order valence-electron chi connectivity index (χ1n) is 4.48. The molecule has 0 bridgehead atoms. The summed E-state index contributed by atoms with van der Waals surface area (Å²) in [6.07, 6.45) is 0. The molecule has 3 N–H and O–H groups in total. The number of nitrogens with one attached hydrogen (secondary N) is 1. The number of hydrogen-bond acceptors (Lipinski definition) is 2. The predicted molar refractivity (Wildman–Crippen MR) is 61.4 cm³/mol. The number of nitrogens with two attached hydrogens (primary N) is 1. The number of benzene rings is 1. The van der Waals surface area contributed by atoms with Crippen molar-refractivity contribution in [2.24, 2.45) is 11.8 Å². The molecule has 1 aromatic carbocycles. The minimum absolute atomic E-state index is 0.0174. The summed E-state index contributed by atoms with van der Waals surface area (Å²) < 4.78 is 0. The van der Waals surface area contributed by atoms with Crippen LogP contribution < -0.4 is 11.3 Å². The van der Waals surface area contributed by atoms with Crippen LogP contribution in [0.3, 0.4) is 0 Å². The second-order valence-electron chi connectivity index (χ2n) is 3.52. The van der Waals surface area contributed by atoms with Crippen molar-refractivity contribution >= 4 is 23.2 Å². The lowest BCUT2D eigenvalue weighted by Gasteiger charge is -2.22. The monoisotopic (exact) mass is 232 g/mol. The molecule has 0 radical (unpaired) electrons. The van der Waals surface area contributed by atoms with Crippen molar-refractivity contribution in [1.29, 1.82) is 0 Å². The van der Waals surface area contributed by atoms with Crippen LogP contribution in [0.15, 0.2) is 18.2 Å². The van der Waals surface area contributed by atoms with Crippen LogP contribution in [0.4, 0.5) is 0 Å². The minimum Gasteiger partial charge on any atom is -0.271 e. The highest BCUT2D eigenvalue weighted by Crippen LogP contribution is 2.33. The third-order valence-corrected chi connectivity index (χ3v) is 2.82. The summed E-state index contributed by atoms with van der Waals surface area (Å²) in [5, 5.41) is 1.29. The molecular formula is C10H14Cl2N2. The smallest absolute Gasteiger partial charge is 0.0512 e. The van der Waals surface area contributed by atoms with E-state index in [0.717, 1.165) is 5.56 Å². The van der Waals surface area contributed by atoms with Gasteiger partial charge in [0.25, 0.3) is 0 Å². The van der Waals surface area contributed by atoms with Gasteiger partial charge in [0.15, 0.2) is 0 Å². The second-order valence-corrected chi connectivity index (χ2v) is 4.34. The van der Waals surface area contributed by atoms with Crippen LogP contribution in [-0.2, 0) is 0 Å². The molecule has 1 atom stereocenters. The molecule has 78 valence electrons. The van der Waals surface area contributed by atoms with Gasteiger partial charge in [0, 0.05) is 15.6 Å². The topological polar surface area (TPSA) is 38.0 Å². The van der Waals surface area contributed by atoms with E-state index in [0.29, 0.717) is 16.0 Å². The average Bonchev–Trinajstić information content (AvgIpc) is 2.10. The van der Waals surface area contributed by atoms with E-state index in [4.69, 9.17) is 29.0 Å². The highest BCUT2D eigenvalue weighted by molar-refractivity contribution is 6.36. The molecular weight excluding hydrogens is 219 g/mol. The van der Waals surface area contributed by atoms with Crippen molar-refractivity contribution in [2.75, 3.05) is 0 Å². The van der Waals surface area contributed by atoms with Gasteiger partial charge < -0.3 is 0 Å². The zero-order chi connectivity index (χ0) is 10.7. The highest BCUT2D eigenvalue weighted by atomic mass is 35.5. The Bertz CT molecular complexity index is 293. The lowest BCUT2D eigenvalue weighted by molar-refractivity contribution is 0.421. The summed E-state index contributed by atoms with van der Waals surface area (Å²) in [5.41, 5.74) is 3.60. The van der Waals surface area contributed by atoms with Gasteiger partial charge in [-0.2, -0.15) is 0 Å². The molecule has 4 heteroatoms. The molecule has 0 aliphatic rings. The molecule has 0 heterocycles. The van der Waals surface area contributed by atoms with Gasteiger partial charge in [-0.25, -0.2) is 0 Å². The van der Waals surface area contributed by atoms with Gasteiger partial charge >= 0.3 is 0 Å². The maximum atomic E-state index is 6.07. The zero-order valence-corrected chi connectivity index (χ0v) is 9.73. The van der Waals surface area contributed by atoms with E-state index < -0.39 is 0 Å². The van der Waals surface area contributed by atoms with Gasteiger partial charge in [0.05, 0.1) is 6.04 Å². The Balaban J connectivity index is 3.15. The third-order valence-electron chi connectivity index (χ3n) is 2.16. The highest BCUT2D eigenvalue weighted by Gasteiger charge is 2.19. The number of halogens is 2. The Morgan fingerprint density at radius 3 is 2.07 bits per heavy atom. The first-order chi connectivity index (χ1) is 6.57. The SMILES string of the molecule is CC(C)C(NN)c1c(Cl)cccc1Cl. The van der Waals surface area contributed by atoms with Crippen LogP contribution in [0.1, 0.15) is 25.5 Å². The molecule has 0 amide bonds. The summed E-state index contributed by atoms with van der Waals surface area (Å²) in [4.78, 5) is 0. The molecule has 1 aromatic rings. The van der Waals surface area contributed by atoms with Gasteiger partial charge in [-0.15, -0.1) is 0 Å². The first kappa shape index (κ1) is 11.8. The van der Waals surface area contributed by atoms with Crippen molar-refractivity contribution in [2.45, 2.75) is 19.9 Å². The van der Waals surface area contributed by atoms with Crippen molar-refractivity contribution in [3.8, 4) is 0 Å². The van der Waals surface area contributed by atoms with E-state index in [2.05, 4.69) is 19.3 Å². The van der Waals surface area contributed by atoms with Gasteiger partial charge in [-0.3, -0.25) is 11.3 Å². The standard InChI is InChI=1S/C10H14Cl2N2/c1-6(2)10(14-13)9-7(11)4-3-5-8(9)12/h3-6,10,14H,13H2,1-2H3. The van der Waals surface area contributed by atoms with Gasteiger partial charge in [0.1, 0.15) is 0 Å².